The largest absolute Gasteiger partial charge is 0.481 e. The van der Waals surface area contributed by atoms with Gasteiger partial charge >= 0.3 is 5.97 Å². The highest BCUT2D eigenvalue weighted by atomic mass is 32.2. The van der Waals surface area contributed by atoms with Crippen LogP contribution in [-0.4, -0.2) is 48.0 Å². The van der Waals surface area contributed by atoms with E-state index < -0.39 is 27.9 Å². The summed E-state index contributed by atoms with van der Waals surface area (Å²) < 4.78 is 24.8. The Balaban J connectivity index is 2.63. The highest BCUT2D eigenvalue weighted by molar-refractivity contribution is 7.89. The molecule has 8 heteroatoms. The molecule has 0 aromatic rings. The van der Waals surface area contributed by atoms with Crippen molar-refractivity contribution in [2.75, 3.05) is 12.3 Å². The van der Waals surface area contributed by atoms with Gasteiger partial charge in [-0.2, -0.15) is 4.31 Å². The van der Waals surface area contributed by atoms with Crippen molar-refractivity contribution in [2.24, 2.45) is 5.73 Å². The number of hydrogen-bond acceptors (Lipinski definition) is 4. The van der Waals surface area contributed by atoms with Gasteiger partial charge in [0.15, 0.2) is 0 Å². The topological polar surface area (TPSA) is 118 Å². The number of rotatable bonds is 6. The van der Waals surface area contributed by atoms with Gasteiger partial charge in [0, 0.05) is 13.0 Å². The molecule has 0 radical (unpaired) electrons. The second-order valence-corrected chi connectivity index (χ2v) is 6.03. The summed E-state index contributed by atoms with van der Waals surface area (Å²) in [4.78, 5) is 21.4. The molecule has 7 nitrogen and oxygen atoms in total. The number of carboxylic acid groups (broad SMARTS) is 1. The van der Waals surface area contributed by atoms with Crippen LogP contribution in [0.25, 0.3) is 0 Å². The lowest BCUT2D eigenvalue weighted by Crippen LogP contribution is -2.44. The molecule has 98 valence electrons. The van der Waals surface area contributed by atoms with Crippen molar-refractivity contribution in [3.05, 3.63) is 0 Å². The molecule has 17 heavy (non-hydrogen) atoms. The first-order chi connectivity index (χ1) is 7.84. The van der Waals surface area contributed by atoms with E-state index >= 15 is 0 Å². The predicted molar refractivity (Wildman–Crippen MR) is 59.6 cm³/mol. The molecule has 0 spiro atoms. The number of sulfonamides is 1. The van der Waals surface area contributed by atoms with Gasteiger partial charge in [-0.3, -0.25) is 9.59 Å². The summed E-state index contributed by atoms with van der Waals surface area (Å²) in [5.41, 5.74) is 5.12. The average molecular weight is 264 g/mol. The maximum absolute atomic E-state index is 11.9. The molecule has 1 heterocycles. The van der Waals surface area contributed by atoms with Gasteiger partial charge in [-0.25, -0.2) is 8.42 Å². The van der Waals surface area contributed by atoms with Crippen LogP contribution in [0, 0.1) is 0 Å². The minimum Gasteiger partial charge on any atom is -0.481 e. The molecule has 1 amide bonds. The number of carboxylic acids is 1. The highest BCUT2D eigenvalue weighted by Gasteiger charge is 2.36. The molecule has 1 rings (SSSR count). The van der Waals surface area contributed by atoms with E-state index in [0.717, 1.165) is 4.31 Å². The first-order valence-electron chi connectivity index (χ1n) is 5.35. The van der Waals surface area contributed by atoms with Crippen LogP contribution in [0.4, 0.5) is 0 Å². The van der Waals surface area contributed by atoms with Crippen molar-refractivity contribution in [1.82, 2.24) is 4.31 Å². The smallest absolute Gasteiger partial charge is 0.303 e. The number of aliphatic carboxylic acids is 1. The summed E-state index contributed by atoms with van der Waals surface area (Å²) >= 11 is 0. The molecule has 0 aliphatic carbocycles. The molecule has 1 unspecified atom stereocenters. The van der Waals surface area contributed by atoms with Crippen LogP contribution in [0.15, 0.2) is 0 Å². The highest BCUT2D eigenvalue weighted by Crippen LogP contribution is 2.21. The lowest BCUT2D eigenvalue weighted by Gasteiger charge is -2.21. The van der Waals surface area contributed by atoms with Crippen LogP contribution in [-0.2, 0) is 19.6 Å². The third kappa shape index (κ3) is 3.67. The Labute approximate surface area is 99.6 Å². The molecular weight excluding hydrogens is 248 g/mol. The second-order valence-electron chi connectivity index (χ2n) is 3.98. The van der Waals surface area contributed by atoms with Crippen LogP contribution in [0.5, 0.6) is 0 Å². The van der Waals surface area contributed by atoms with Crippen molar-refractivity contribution >= 4 is 21.9 Å². The monoisotopic (exact) mass is 264 g/mol. The Bertz CT molecular complexity index is 406. The SMILES string of the molecule is NC(=O)C1CCCN1S(=O)(=O)CCCC(=O)O. The zero-order valence-corrected chi connectivity index (χ0v) is 10.1. The molecule has 3 N–H and O–H groups in total. The Kier molecular flexibility index (Phi) is 4.47. The molecule has 0 aromatic heterocycles. The minimum absolute atomic E-state index is 0.0413. The lowest BCUT2D eigenvalue weighted by atomic mass is 10.2. The van der Waals surface area contributed by atoms with E-state index in [9.17, 15) is 18.0 Å². The Morgan fingerprint density at radius 1 is 1.41 bits per heavy atom. The van der Waals surface area contributed by atoms with Crippen LogP contribution in [0.1, 0.15) is 25.7 Å². The molecule has 1 aliphatic heterocycles. The number of carbonyl (C=O) groups excluding carboxylic acids is 1. The maximum atomic E-state index is 11.9. The van der Waals surface area contributed by atoms with E-state index in [-0.39, 0.29) is 25.1 Å². The van der Waals surface area contributed by atoms with Crippen molar-refractivity contribution in [1.29, 1.82) is 0 Å². The summed E-state index contributed by atoms with van der Waals surface area (Å²) in [7, 11) is -3.58. The van der Waals surface area contributed by atoms with Gasteiger partial charge < -0.3 is 10.8 Å². The van der Waals surface area contributed by atoms with Crippen LogP contribution in [0.3, 0.4) is 0 Å². The van der Waals surface area contributed by atoms with E-state index in [1.807, 2.05) is 0 Å². The second kappa shape index (κ2) is 5.46. The van der Waals surface area contributed by atoms with Crippen LogP contribution in [0.2, 0.25) is 0 Å². The normalized spacial score (nSPS) is 21.5. The summed E-state index contributed by atoms with van der Waals surface area (Å²) in [6.45, 7) is 0.281. The van der Waals surface area contributed by atoms with Crippen LogP contribution >= 0.6 is 0 Å². The fraction of sp³-hybridized carbons (Fsp3) is 0.778. The van der Waals surface area contributed by atoms with Crippen LogP contribution < -0.4 is 5.73 Å². The van der Waals surface area contributed by atoms with Gasteiger partial charge in [0.2, 0.25) is 15.9 Å². The molecule has 0 saturated carbocycles. The summed E-state index contributed by atoms with van der Waals surface area (Å²) in [5.74, 6) is -1.94. The molecule has 1 fully saturated rings. The Hall–Kier alpha value is -1.15. The van der Waals surface area contributed by atoms with Gasteiger partial charge in [0.1, 0.15) is 6.04 Å². The number of primary amides is 1. The summed E-state index contributed by atoms with van der Waals surface area (Å²) in [5, 5.41) is 8.43. The first kappa shape index (κ1) is 13.9. The van der Waals surface area contributed by atoms with Gasteiger partial charge in [0.25, 0.3) is 0 Å². The predicted octanol–water partition coefficient (Wildman–Crippen LogP) is -0.869. The first-order valence-corrected chi connectivity index (χ1v) is 6.96. The zero-order chi connectivity index (χ0) is 13.1. The van der Waals surface area contributed by atoms with E-state index in [1.54, 1.807) is 0 Å². The van der Waals surface area contributed by atoms with Crippen molar-refractivity contribution in [3.8, 4) is 0 Å². The lowest BCUT2D eigenvalue weighted by molar-refractivity contribution is -0.137. The third-order valence-electron chi connectivity index (χ3n) is 2.68. The number of carbonyl (C=O) groups is 2. The average Bonchev–Trinajstić information content (AvgIpc) is 2.65. The summed E-state index contributed by atoms with van der Waals surface area (Å²) in [6, 6.07) is -0.773. The third-order valence-corrected chi connectivity index (χ3v) is 4.64. The zero-order valence-electron chi connectivity index (χ0n) is 9.33. The molecule has 0 aromatic carbocycles. The van der Waals surface area contributed by atoms with E-state index in [4.69, 9.17) is 10.8 Å². The number of nitrogens with zero attached hydrogens (tertiary/aromatic N) is 1. The van der Waals surface area contributed by atoms with E-state index in [1.165, 1.54) is 0 Å². The summed E-state index contributed by atoms with van der Waals surface area (Å²) in [6.07, 6.45) is 0.882. The Morgan fingerprint density at radius 3 is 2.59 bits per heavy atom. The van der Waals surface area contributed by atoms with Crippen molar-refractivity contribution in [3.63, 3.8) is 0 Å². The van der Waals surface area contributed by atoms with Gasteiger partial charge in [-0.15, -0.1) is 0 Å². The molecule has 0 bridgehead atoms. The fourth-order valence-electron chi connectivity index (χ4n) is 1.88. The van der Waals surface area contributed by atoms with Gasteiger partial charge in [0.05, 0.1) is 5.75 Å². The molecule has 1 aliphatic rings. The number of amides is 1. The number of nitrogens with two attached hydrogens (primary N) is 1. The minimum atomic E-state index is -3.58. The van der Waals surface area contributed by atoms with E-state index in [0.29, 0.717) is 12.8 Å². The van der Waals surface area contributed by atoms with Gasteiger partial charge in [-0.05, 0) is 19.3 Å². The Morgan fingerprint density at radius 2 is 2.06 bits per heavy atom. The quantitative estimate of drug-likeness (QED) is 0.646. The maximum Gasteiger partial charge on any atom is 0.303 e. The molecule has 1 saturated heterocycles. The van der Waals surface area contributed by atoms with E-state index in [2.05, 4.69) is 0 Å². The molecular formula is C9H16N2O5S. The molecule has 1 atom stereocenters. The standard InChI is InChI=1S/C9H16N2O5S/c10-9(14)7-3-1-5-11(7)17(15,16)6-2-4-8(12)13/h7H,1-6H2,(H2,10,14)(H,12,13). The fourth-order valence-corrected chi connectivity index (χ4v) is 3.63. The van der Waals surface area contributed by atoms with Crippen molar-refractivity contribution < 1.29 is 23.1 Å². The van der Waals surface area contributed by atoms with Gasteiger partial charge in [-0.1, -0.05) is 0 Å². The van der Waals surface area contributed by atoms with Crippen molar-refractivity contribution in [2.45, 2.75) is 31.7 Å². The number of hydrogen-bond donors (Lipinski definition) is 2.